The zero-order valence-electron chi connectivity index (χ0n) is 16.3. The monoisotopic (exact) mass is 379 g/mol. The number of furan rings is 1. The lowest BCUT2D eigenvalue weighted by atomic mass is 10.1. The molecule has 0 N–H and O–H groups in total. The van der Waals surface area contributed by atoms with Crippen LogP contribution in [0.15, 0.2) is 39.5 Å². The number of benzene rings is 1. The molecule has 6 heteroatoms. The molecule has 0 amide bonds. The average molecular weight is 379 g/mol. The van der Waals surface area contributed by atoms with E-state index in [2.05, 4.69) is 0 Å². The Balaban J connectivity index is 2.24. The molecule has 1 heterocycles. The Kier molecular flexibility index (Phi) is 5.55. The maximum absolute atomic E-state index is 12.9. The lowest BCUT2D eigenvalue weighted by Gasteiger charge is -2.10. The van der Waals surface area contributed by atoms with Gasteiger partial charge in [-0.15, -0.1) is 0 Å². The van der Waals surface area contributed by atoms with Crippen LogP contribution in [0.3, 0.4) is 0 Å². The van der Waals surface area contributed by atoms with Gasteiger partial charge >= 0.3 is 0 Å². The molecule has 0 atom stereocenters. The third kappa shape index (κ3) is 3.52. The molecule has 144 valence electrons. The standard InChI is InChI=1S/C22H21NO5/c1-5-26-20-12-16(10-17(24)21-13(2)28-14(3)22(20)21)15-6-7-18(27-9-8-23)19(11-15)25-4/h6-7,10-12H,5,9H2,1-4H3. The number of hydrogen-bond donors (Lipinski definition) is 0. The molecule has 0 radical (unpaired) electrons. The third-order valence-electron chi connectivity index (χ3n) is 4.42. The Morgan fingerprint density at radius 2 is 1.68 bits per heavy atom. The number of aryl methyl sites for hydroxylation is 2. The zero-order valence-corrected chi connectivity index (χ0v) is 16.3. The molecule has 0 saturated carbocycles. The van der Waals surface area contributed by atoms with Gasteiger partial charge < -0.3 is 18.6 Å². The van der Waals surface area contributed by atoms with Gasteiger partial charge in [0.1, 0.15) is 23.3 Å². The Bertz CT molecular complexity index is 1120. The van der Waals surface area contributed by atoms with Crippen molar-refractivity contribution < 1.29 is 18.6 Å². The van der Waals surface area contributed by atoms with Gasteiger partial charge in [0, 0.05) is 0 Å². The van der Waals surface area contributed by atoms with Crippen LogP contribution in [0, 0.1) is 25.2 Å². The summed E-state index contributed by atoms with van der Waals surface area (Å²) in [6, 6.07) is 10.6. The van der Waals surface area contributed by atoms with E-state index in [0.717, 1.165) is 5.56 Å². The first-order valence-electron chi connectivity index (χ1n) is 8.89. The van der Waals surface area contributed by atoms with Gasteiger partial charge in [-0.3, -0.25) is 4.79 Å². The van der Waals surface area contributed by atoms with E-state index < -0.39 is 0 Å². The summed E-state index contributed by atoms with van der Waals surface area (Å²) in [5.41, 5.74) is 1.31. The minimum atomic E-state index is -0.144. The largest absolute Gasteiger partial charge is 0.493 e. The van der Waals surface area contributed by atoms with Crippen molar-refractivity contribution in [3.8, 4) is 34.4 Å². The maximum atomic E-state index is 12.9. The van der Waals surface area contributed by atoms with Crippen LogP contribution in [0.25, 0.3) is 21.9 Å². The topological polar surface area (TPSA) is 81.7 Å². The van der Waals surface area contributed by atoms with Gasteiger partial charge in [0.05, 0.1) is 24.5 Å². The van der Waals surface area contributed by atoms with Gasteiger partial charge in [-0.2, -0.15) is 5.26 Å². The summed E-state index contributed by atoms with van der Waals surface area (Å²) in [5.74, 6) is 2.75. The summed E-state index contributed by atoms with van der Waals surface area (Å²) in [6.07, 6.45) is 0. The highest BCUT2D eigenvalue weighted by Crippen LogP contribution is 2.36. The minimum absolute atomic E-state index is 0.0772. The second-order valence-electron chi connectivity index (χ2n) is 6.18. The van der Waals surface area contributed by atoms with Crippen LogP contribution in [-0.2, 0) is 0 Å². The predicted octanol–water partition coefficient (Wildman–Crippen LogP) is 4.39. The SMILES string of the molecule is CCOc1cc(-c2ccc(OCC#N)c(OC)c2)cc(=O)c2c(C)oc(C)c12. The van der Waals surface area contributed by atoms with E-state index in [1.807, 2.05) is 32.0 Å². The van der Waals surface area contributed by atoms with Crippen LogP contribution in [0.1, 0.15) is 18.4 Å². The quantitative estimate of drug-likeness (QED) is 0.632. The average Bonchev–Trinajstić information content (AvgIpc) is 2.89. The lowest BCUT2D eigenvalue weighted by Crippen LogP contribution is -1.98. The molecule has 3 rings (SSSR count). The molecule has 0 aliphatic heterocycles. The van der Waals surface area contributed by atoms with Gasteiger partial charge in [0.25, 0.3) is 0 Å². The Morgan fingerprint density at radius 1 is 0.964 bits per heavy atom. The number of nitriles is 1. The number of nitrogens with zero attached hydrogens (tertiary/aromatic N) is 1. The van der Waals surface area contributed by atoms with Crippen molar-refractivity contribution in [3.05, 3.63) is 52.1 Å². The van der Waals surface area contributed by atoms with Crippen molar-refractivity contribution in [2.75, 3.05) is 20.3 Å². The summed E-state index contributed by atoms with van der Waals surface area (Å²) >= 11 is 0. The summed E-state index contributed by atoms with van der Waals surface area (Å²) in [5, 5.41) is 9.92. The van der Waals surface area contributed by atoms with Crippen LogP contribution in [0.5, 0.6) is 17.2 Å². The summed E-state index contributed by atoms with van der Waals surface area (Å²) in [4.78, 5) is 12.9. The molecule has 0 unspecified atom stereocenters. The minimum Gasteiger partial charge on any atom is -0.493 e. The predicted molar refractivity (Wildman–Crippen MR) is 106 cm³/mol. The second kappa shape index (κ2) is 8.05. The van der Waals surface area contributed by atoms with E-state index >= 15 is 0 Å². The molecule has 3 aromatic rings. The smallest absolute Gasteiger partial charge is 0.190 e. The summed E-state index contributed by atoms with van der Waals surface area (Å²) in [7, 11) is 1.52. The highest BCUT2D eigenvalue weighted by molar-refractivity contribution is 5.93. The van der Waals surface area contributed by atoms with Crippen LogP contribution in [-0.4, -0.2) is 20.3 Å². The Hall–Kier alpha value is -3.46. The first-order valence-corrected chi connectivity index (χ1v) is 8.89. The number of rotatable bonds is 6. The molecular weight excluding hydrogens is 358 g/mol. The molecule has 0 aliphatic carbocycles. The normalized spacial score (nSPS) is 10.5. The van der Waals surface area contributed by atoms with Gasteiger partial charge in [-0.25, -0.2) is 0 Å². The maximum Gasteiger partial charge on any atom is 0.190 e. The molecule has 0 bridgehead atoms. The first-order chi connectivity index (χ1) is 13.5. The number of ether oxygens (including phenoxy) is 3. The van der Waals surface area contributed by atoms with E-state index in [4.69, 9.17) is 23.9 Å². The van der Waals surface area contributed by atoms with Gasteiger partial charge in [-0.1, -0.05) is 6.07 Å². The molecule has 1 aromatic heterocycles. The van der Waals surface area contributed by atoms with Gasteiger partial charge in [0.15, 0.2) is 23.5 Å². The zero-order chi connectivity index (χ0) is 20.3. The van der Waals surface area contributed by atoms with Crippen molar-refractivity contribution in [3.63, 3.8) is 0 Å². The van der Waals surface area contributed by atoms with Crippen LogP contribution in [0.4, 0.5) is 0 Å². The molecule has 28 heavy (non-hydrogen) atoms. The number of methoxy groups -OCH3 is 1. The van der Waals surface area contributed by atoms with E-state index in [0.29, 0.717) is 51.7 Å². The first kappa shape index (κ1) is 19.3. The Morgan fingerprint density at radius 3 is 2.36 bits per heavy atom. The van der Waals surface area contributed by atoms with E-state index in [1.165, 1.54) is 7.11 Å². The molecule has 0 aliphatic rings. The van der Waals surface area contributed by atoms with Crippen LogP contribution in [0.2, 0.25) is 0 Å². The fourth-order valence-corrected chi connectivity index (χ4v) is 3.26. The molecule has 0 fully saturated rings. The van der Waals surface area contributed by atoms with Crippen molar-refractivity contribution in [2.45, 2.75) is 20.8 Å². The van der Waals surface area contributed by atoms with Crippen molar-refractivity contribution in [2.24, 2.45) is 0 Å². The van der Waals surface area contributed by atoms with Crippen molar-refractivity contribution in [1.29, 1.82) is 5.26 Å². The van der Waals surface area contributed by atoms with Gasteiger partial charge in [-0.05, 0) is 56.2 Å². The second-order valence-corrected chi connectivity index (χ2v) is 6.18. The molecule has 2 aromatic carbocycles. The highest BCUT2D eigenvalue weighted by atomic mass is 16.5. The molecule has 0 spiro atoms. The van der Waals surface area contributed by atoms with E-state index in [9.17, 15) is 4.79 Å². The number of fused-ring (bicyclic) bond motifs is 1. The fraction of sp³-hybridized carbons (Fsp3) is 0.273. The Labute approximate surface area is 162 Å². The lowest BCUT2D eigenvalue weighted by molar-refractivity contribution is 0.330. The summed E-state index contributed by atoms with van der Waals surface area (Å²) < 4.78 is 22.2. The fourth-order valence-electron chi connectivity index (χ4n) is 3.26. The molecule has 0 saturated heterocycles. The van der Waals surface area contributed by atoms with Crippen LogP contribution >= 0.6 is 0 Å². The van der Waals surface area contributed by atoms with Crippen LogP contribution < -0.4 is 19.6 Å². The highest BCUT2D eigenvalue weighted by Gasteiger charge is 2.17. The third-order valence-corrected chi connectivity index (χ3v) is 4.42. The number of hydrogen-bond acceptors (Lipinski definition) is 6. The van der Waals surface area contributed by atoms with Gasteiger partial charge in [0.2, 0.25) is 0 Å². The molecule has 6 nitrogen and oxygen atoms in total. The van der Waals surface area contributed by atoms with Crippen molar-refractivity contribution >= 4 is 10.8 Å². The van der Waals surface area contributed by atoms with Crippen molar-refractivity contribution in [1.82, 2.24) is 0 Å². The molecular formula is C22H21NO5. The van der Waals surface area contributed by atoms with E-state index in [-0.39, 0.29) is 12.0 Å². The van der Waals surface area contributed by atoms with E-state index in [1.54, 1.807) is 25.1 Å². The summed E-state index contributed by atoms with van der Waals surface area (Å²) in [6.45, 7) is 5.87.